The Hall–Kier alpha value is -1.42. The first-order chi connectivity index (χ1) is 9.19. The zero-order chi connectivity index (χ0) is 15.1. The lowest BCUT2D eigenvalue weighted by molar-refractivity contribution is 0.00578. The molecule has 1 unspecified atom stereocenters. The molecule has 106 valence electrons. The average Bonchev–Trinajstić information content (AvgIpc) is 2.57. The summed E-state index contributed by atoms with van der Waals surface area (Å²) in [6.07, 6.45) is 3.19. The summed E-state index contributed by atoms with van der Waals surface area (Å²) in [4.78, 5) is 4.07. The van der Waals surface area contributed by atoms with Crippen LogP contribution in [0, 0.1) is 11.3 Å². The van der Waals surface area contributed by atoms with Crippen LogP contribution >= 0.6 is 0 Å². The Morgan fingerprint density at radius 3 is 2.25 bits per heavy atom. The normalized spacial score (nSPS) is 21.6. The zero-order valence-electron chi connectivity index (χ0n) is 12.6. The summed E-state index contributed by atoms with van der Waals surface area (Å²) in [7, 11) is -0.598. The number of rotatable bonds is 2. The fraction of sp³-hybridized carbons (Fsp3) is 0.571. The van der Waals surface area contributed by atoms with Gasteiger partial charge >= 0.3 is 7.12 Å². The number of pyridine rings is 1. The molecule has 0 saturated carbocycles. The molecule has 0 spiro atoms. The van der Waals surface area contributed by atoms with Crippen LogP contribution in [0.15, 0.2) is 12.4 Å². The Morgan fingerprint density at radius 2 is 1.80 bits per heavy atom. The second-order valence-electron chi connectivity index (χ2n) is 6.18. The second kappa shape index (κ2) is 4.85. The molecule has 1 aliphatic rings. The van der Waals surface area contributed by atoms with Gasteiger partial charge in [0.25, 0.3) is 0 Å². The maximum atomic E-state index is 9.30. The smallest absolute Gasteiger partial charge is 0.399 e. The molecular formula is C14H20BN3O2. The van der Waals surface area contributed by atoms with Crippen molar-refractivity contribution in [3.63, 3.8) is 0 Å². The molecule has 0 amide bonds. The molecule has 0 aromatic carbocycles. The van der Waals surface area contributed by atoms with E-state index in [1.807, 2.05) is 34.6 Å². The van der Waals surface area contributed by atoms with Crippen LogP contribution in [0.5, 0.6) is 0 Å². The van der Waals surface area contributed by atoms with E-state index in [-0.39, 0.29) is 6.04 Å². The van der Waals surface area contributed by atoms with Gasteiger partial charge in [-0.25, -0.2) is 0 Å². The van der Waals surface area contributed by atoms with Crippen molar-refractivity contribution in [2.45, 2.75) is 51.9 Å². The minimum atomic E-state index is -0.598. The molecule has 1 aliphatic heterocycles. The minimum Gasteiger partial charge on any atom is -0.399 e. The Bertz CT molecular complexity index is 548. The number of nitrogens with zero attached hydrogens (tertiary/aromatic N) is 2. The van der Waals surface area contributed by atoms with E-state index >= 15 is 0 Å². The van der Waals surface area contributed by atoms with Crippen molar-refractivity contribution in [2.24, 2.45) is 5.73 Å². The topological polar surface area (TPSA) is 81.2 Å². The van der Waals surface area contributed by atoms with E-state index < -0.39 is 18.3 Å². The van der Waals surface area contributed by atoms with Gasteiger partial charge in [-0.15, -0.1) is 0 Å². The molecule has 6 heteroatoms. The van der Waals surface area contributed by atoms with Crippen molar-refractivity contribution < 1.29 is 9.31 Å². The predicted molar refractivity (Wildman–Crippen MR) is 77.3 cm³/mol. The highest BCUT2D eigenvalue weighted by atomic mass is 16.7. The van der Waals surface area contributed by atoms with E-state index in [0.717, 1.165) is 5.56 Å². The van der Waals surface area contributed by atoms with Crippen LogP contribution in [0.4, 0.5) is 0 Å². The van der Waals surface area contributed by atoms with Crippen molar-refractivity contribution in [1.29, 1.82) is 5.26 Å². The molecule has 2 rings (SSSR count). The highest BCUT2D eigenvalue weighted by Gasteiger charge is 2.53. The highest BCUT2D eigenvalue weighted by Crippen LogP contribution is 2.37. The Kier molecular flexibility index (Phi) is 3.63. The van der Waals surface area contributed by atoms with Gasteiger partial charge in [-0.3, -0.25) is 4.98 Å². The van der Waals surface area contributed by atoms with Crippen LogP contribution in [-0.4, -0.2) is 23.3 Å². The first-order valence-electron chi connectivity index (χ1n) is 6.69. The summed E-state index contributed by atoms with van der Waals surface area (Å²) in [5, 5.41) is 9.30. The number of hydrogen-bond acceptors (Lipinski definition) is 5. The molecule has 0 radical (unpaired) electrons. The number of nitrogens with two attached hydrogens (primary N) is 1. The molecule has 20 heavy (non-hydrogen) atoms. The first-order valence-corrected chi connectivity index (χ1v) is 6.69. The van der Waals surface area contributed by atoms with E-state index in [9.17, 15) is 5.26 Å². The molecule has 1 saturated heterocycles. The summed E-state index contributed by atoms with van der Waals surface area (Å²) < 4.78 is 12.1. The molecule has 1 atom stereocenters. The van der Waals surface area contributed by atoms with Gasteiger partial charge < -0.3 is 15.0 Å². The van der Waals surface area contributed by atoms with Crippen LogP contribution in [0.1, 0.15) is 51.8 Å². The van der Waals surface area contributed by atoms with E-state index in [2.05, 4.69) is 11.1 Å². The molecular weight excluding hydrogens is 253 g/mol. The van der Waals surface area contributed by atoms with Gasteiger partial charge in [-0.05, 0) is 40.2 Å². The SMILES string of the molecule is CC(N)c1cncc(C#N)c1B1OC(C)(C)C(C)(C)O1. The third kappa shape index (κ3) is 2.33. The Morgan fingerprint density at radius 1 is 1.25 bits per heavy atom. The summed E-state index contributed by atoms with van der Waals surface area (Å²) >= 11 is 0. The molecule has 5 nitrogen and oxygen atoms in total. The van der Waals surface area contributed by atoms with Crippen LogP contribution < -0.4 is 11.2 Å². The maximum Gasteiger partial charge on any atom is 0.496 e. The van der Waals surface area contributed by atoms with Gasteiger partial charge in [0.05, 0.1) is 16.8 Å². The summed E-state index contributed by atoms with van der Waals surface area (Å²) in [5.41, 5.74) is 6.98. The van der Waals surface area contributed by atoms with Crippen molar-refractivity contribution in [2.75, 3.05) is 0 Å². The van der Waals surface area contributed by atoms with Crippen molar-refractivity contribution >= 4 is 12.6 Å². The van der Waals surface area contributed by atoms with Crippen LogP contribution in [0.2, 0.25) is 0 Å². The third-order valence-electron chi connectivity index (χ3n) is 4.12. The first kappa shape index (κ1) is 15.0. The number of hydrogen-bond donors (Lipinski definition) is 1. The fourth-order valence-corrected chi connectivity index (χ4v) is 2.16. The maximum absolute atomic E-state index is 9.30. The lowest BCUT2D eigenvalue weighted by atomic mass is 9.73. The Balaban J connectivity index is 2.52. The van der Waals surface area contributed by atoms with Crippen molar-refractivity contribution in [1.82, 2.24) is 4.98 Å². The van der Waals surface area contributed by atoms with E-state index in [1.165, 1.54) is 6.20 Å². The molecule has 2 N–H and O–H groups in total. The van der Waals surface area contributed by atoms with Crippen LogP contribution in [0.25, 0.3) is 0 Å². The summed E-state index contributed by atoms with van der Waals surface area (Å²) in [6.45, 7) is 9.77. The number of nitriles is 1. The second-order valence-corrected chi connectivity index (χ2v) is 6.18. The van der Waals surface area contributed by atoms with Crippen molar-refractivity contribution in [3.8, 4) is 6.07 Å². The molecule has 0 aliphatic carbocycles. The lowest BCUT2D eigenvalue weighted by Gasteiger charge is -2.32. The van der Waals surface area contributed by atoms with Gasteiger partial charge in [0.2, 0.25) is 0 Å². The Labute approximate surface area is 120 Å². The van der Waals surface area contributed by atoms with E-state index in [0.29, 0.717) is 11.0 Å². The quantitative estimate of drug-likeness (QED) is 0.821. The number of aromatic nitrogens is 1. The molecule has 1 aromatic rings. The molecule has 0 bridgehead atoms. The van der Waals surface area contributed by atoms with Crippen LogP contribution in [0.3, 0.4) is 0 Å². The zero-order valence-corrected chi connectivity index (χ0v) is 12.6. The minimum absolute atomic E-state index is 0.246. The lowest BCUT2D eigenvalue weighted by Crippen LogP contribution is -2.41. The summed E-state index contributed by atoms with van der Waals surface area (Å²) in [5.74, 6) is 0. The third-order valence-corrected chi connectivity index (χ3v) is 4.12. The largest absolute Gasteiger partial charge is 0.496 e. The summed E-state index contributed by atoms with van der Waals surface area (Å²) in [6, 6.07) is 1.90. The average molecular weight is 273 g/mol. The molecule has 1 aromatic heterocycles. The van der Waals surface area contributed by atoms with Gasteiger partial charge in [-0.1, -0.05) is 0 Å². The predicted octanol–water partition coefficient (Wildman–Crippen LogP) is 1.27. The standard InChI is InChI=1S/C14H20BN3O2/c1-9(17)11-8-18-7-10(6-16)12(11)15-19-13(2,3)14(4,5)20-15/h7-9H,17H2,1-5H3. The van der Waals surface area contributed by atoms with Gasteiger partial charge in [0.15, 0.2) is 0 Å². The fourth-order valence-electron chi connectivity index (χ4n) is 2.16. The molecule has 2 heterocycles. The highest BCUT2D eigenvalue weighted by molar-refractivity contribution is 6.63. The monoisotopic (exact) mass is 273 g/mol. The van der Waals surface area contributed by atoms with E-state index in [4.69, 9.17) is 15.0 Å². The molecule has 1 fully saturated rings. The van der Waals surface area contributed by atoms with E-state index in [1.54, 1.807) is 6.20 Å². The van der Waals surface area contributed by atoms with Gasteiger partial charge in [-0.2, -0.15) is 5.26 Å². The van der Waals surface area contributed by atoms with Gasteiger partial charge in [0, 0.05) is 23.9 Å². The van der Waals surface area contributed by atoms with Crippen molar-refractivity contribution in [3.05, 3.63) is 23.5 Å². The van der Waals surface area contributed by atoms with Gasteiger partial charge in [0.1, 0.15) is 6.07 Å². The van der Waals surface area contributed by atoms with Crippen LogP contribution in [-0.2, 0) is 9.31 Å².